The fraction of sp³-hybridized carbons (Fsp3) is 0.0476. The van der Waals surface area contributed by atoms with Crippen LogP contribution in [-0.4, -0.2) is 4.21 Å². The number of nitrogens with one attached hydrogen (secondary N) is 1. The maximum Gasteiger partial charge on any atom is 0.288 e. The highest BCUT2D eigenvalue weighted by molar-refractivity contribution is 7.78. The van der Waals surface area contributed by atoms with Crippen LogP contribution < -0.4 is 8.91 Å². The standard InChI is InChI=1S/C21H15NO2S/c23-25-22-13-15-7-5-11-19(21(15)24-25)20-12-14-6-1-2-8-16(14)17-9-3-4-10-18(17)20/h1-12,22H,13H2. The average molecular weight is 345 g/mol. The molecule has 1 aliphatic rings. The van der Waals surface area contributed by atoms with E-state index in [9.17, 15) is 4.21 Å². The lowest BCUT2D eigenvalue weighted by molar-refractivity contribution is 0.525. The molecule has 25 heavy (non-hydrogen) atoms. The summed E-state index contributed by atoms with van der Waals surface area (Å²) in [6.07, 6.45) is 0. The SMILES string of the molecule is O=S1NCc2cccc(-c3cc4ccccc4c4ccccc34)c2O1. The summed E-state index contributed by atoms with van der Waals surface area (Å²) in [7, 11) is 0. The van der Waals surface area contributed by atoms with Crippen molar-refractivity contribution in [2.24, 2.45) is 0 Å². The van der Waals surface area contributed by atoms with Gasteiger partial charge in [0, 0.05) is 17.7 Å². The average Bonchev–Trinajstić information content (AvgIpc) is 2.67. The maximum absolute atomic E-state index is 11.9. The molecule has 4 heteroatoms. The Labute approximate surface area is 148 Å². The third-order valence-electron chi connectivity index (χ3n) is 4.69. The van der Waals surface area contributed by atoms with Gasteiger partial charge in [-0.3, -0.25) is 0 Å². The smallest absolute Gasteiger partial charge is 0.288 e. The second-order valence-electron chi connectivity index (χ2n) is 6.12. The normalized spacial score (nSPS) is 16.6. The Balaban J connectivity index is 1.89. The molecule has 5 rings (SSSR count). The summed E-state index contributed by atoms with van der Waals surface area (Å²) in [5, 5.41) is 4.80. The van der Waals surface area contributed by atoms with Gasteiger partial charge in [0.15, 0.2) is 5.75 Å². The van der Waals surface area contributed by atoms with E-state index in [0.29, 0.717) is 12.3 Å². The molecule has 4 aromatic carbocycles. The first kappa shape index (κ1) is 14.6. The monoisotopic (exact) mass is 345 g/mol. The van der Waals surface area contributed by atoms with Crippen molar-refractivity contribution in [3.8, 4) is 16.9 Å². The van der Waals surface area contributed by atoms with Crippen LogP contribution in [0.4, 0.5) is 0 Å². The first-order valence-electron chi connectivity index (χ1n) is 8.17. The van der Waals surface area contributed by atoms with Gasteiger partial charge in [-0.1, -0.05) is 66.7 Å². The predicted molar refractivity (Wildman–Crippen MR) is 103 cm³/mol. The van der Waals surface area contributed by atoms with Gasteiger partial charge < -0.3 is 4.18 Å². The van der Waals surface area contributed by atoms with Crippen molar-refractivity contribution in [3.05, 3.63) is 78.4 Å². The van der Waals surface area contributed by atoms with Crippen LogP contribution in [0.3, 0.4) is 0 Å². The molecule has 4 aromatic rings. The third-order valence-corrected chi connectivity index (χ3v) is 5.39. The Bertz CT molecular complexity index is 1150. The fourth-order valence-electron chi connectivity index (χ4n) is 3.55. The molecule has 1 aliphatic heterocycles. The largest absolute Gasteiger partial charge is 0.388 e. The van der Waals surface area contributed by atoms with Crippen LogP contribution >= 0.6 is 0 Å². The van der Waals surface area contributed by atoms with Crippen LogP contribution in [0, 0.1) is 0 Å². The molecule has 0 bridgehead atoms. The van der Waals surface area contributed by atoms with Gasteiger partial charge >= 0.3 is 0 Å². The Hall–Kier alpha value is -2.69. The molecule has 0 saturated carbocycles. The Kier molecular flexibility index (Phi) is 3.33. The summed E-state index contributed by atoms with van der Waals surface area (Å²) in [6, 6.07) is 25.1. The van der Waals surface area contributed by atoms with Crippen LogP contribution in [0.2, 0.25) is 0 Å². The molecule has 0 aromatic heterocycles. The second-order valence-corrected chi connectivity index (χ2v) is 7.05. The highest BCUT2D eigenvalue weighted by atomic mass is 32.2. The minimum absolute atomic E-state index is 0.543. The summed E-state index contributed by atoms with van der Waals surface area (Å²) < 4.78 is 20.3. The van der Waals surface area contributed by atoms with Crippen molar-refractivity contribution in [1.29, 1.82) is 0 Å². The summed E-state index contributed by atoms with van der Waals surface area (Å²) in [6.45, 7) is 0.543. The lowest BCUT2D eigenvalue weighted by Crippen LogP contribution is -2.26. The van der Waals surface area contributed by atoms with Gasteiger partial charge in [0.2, 0.25) is 0 Å². The molecule has 0 aliphatic carbocycles. The molecule has 0 radical (unpaired) electrons. The lowest BCUT2D eigenvalue weighted by Gasteiger charge is -2.20. The Morgan fingerprint density at radius 2 is 1.56 bits per heavy atom. The van der Waals surface area contributed by atoms with Crippen LogP contribution in [-0.2, 0) is 17.8 Å². The molecule has 1 N–H and O–H groups in total. The molecule has 0 fully saturated rings. The zero-order valence-electron chi connectivity index (χ0n) is 13.4. The van der Waals surface area contributed by atoms with E-state index >= 15 is 0 Å². The summed E-state index contributed by atoms with van der Waals surface area (Å²) in [5.41, 5.74) is 3.11. The molecule has 3 nitrogen and oxygen atoms in total. The Morgan fingerprint density at radius 3 is 2.44 bits per heavy atom. The van der Waals surface area contributed by atoms with Crippen molar-refractivity contribution in [3.63, 3.8) is 0 Å². The minimum Gasteiger partial charge on any atom is -0.388 e. The van der Waals surface area contributed by atoms with Gasteiger partial charge in [0.05, 0.1) is 0 Å². The van der Waals surface area contributed by atoms with Crippen molar-refractivity contribution < 1.29 is 8.39 Å². The van der Waals surface area contributed by atoms with E-state index in [1.165, 1.54) is 21.5 Å². The molecule has 0 saturated heterocycles. The van der Waals surface area contributed by atoms with E-state index in [1.54, 1.807) is 0 Å². The van der Waals surface area contributed by atoms with Crippen molar-refractivity contribution in [2.45, 2.75) is 6.54 Å². The summed E-state index contributed by atoms with van der Waals surface area (Å²) in [5.74, 6) is 0.708. The van der Waals surface area contributed by atoms with Gasteiger partial charge in [-0.15, -0.1) is 0 Å². The van der Waals surface area contributed by atoms with E-state index in [-0.39, 0.29) is 0 Å². The van der Waals surface area contributed by atoms with Gasteiger partial charge in [-0.2, -0.15) is 8.93 Å². The number of hydrogen-bond donors (Lipinski definition) is 1. The van der Waals surface area contributed by atoms with E-state index in [1.807, 2.05) is 18.2 Å². The number of hydrogen-bond acceptors (Lipinski definition) is 2. The van der Waals surface area contributed by atoms with Crippen LogP contribution in [0.5, 0.6) is 5.75 Å². The topological polar surface area (TPSA) is 38.3 Å². The predicted octanol–water partition coefficient (Wildman–Crippen LogP) is 4.72. The van der Waals surface area contributed by atoms with Gasteiger partial charge in [0.25, 0.3) is 11.3 Å². The number of fused-ring (bicyclic) bond motifs is 4. The second kappa shape index (κ2) is 5.69. The Morgan fingerprint density at radius 1 is 0.800 bits per heavy atom. The highest BCUT2D eigenvalue weighted by Gasteiger charge is 2.21. The third kappa shape index (κ3) is 2.34. The molecule has 0 amide bonds. The number of rotatable bonds is 1. The molecule has 122 valence electrons. The van der Waals surface area contributed by atoms with Crippen LogP contribution in [0.1, 0.15) is 5.56 Å². The molecule has 1 unspecified atom stereocenters. The van der Waals surface area contributed by atoms with Crippen LogP contribution in [0.15, 0.2) is 72.8 Å². The zero-order chi connectivity index (χ0) is 16.8. The first-order valence-corrected chi connectivity index (χ1v) is 9.25. The van der Waals surface area contributed by atoms with Gasteiger partial charge in [0.1, 0.15) is 0 Å². The quantitative estimate of drug-likeness (QED) is 0.507. The summed E-state index contributed by atoms with van der Waals surface area (Å²) >= 11 is -1.50. The molecule has 1 heterocycles. The van der Waals surface area contributed by atoms with Crippen molar-refractivity contribution >= 4 is 32.8 Å². The minimum atomic E-state index is -1.50. The number of benzene rings is 4. The zero-order valence-corrected chi connectivity index (χ0v) is 14.2. The molecule has 1 atom stereocenters. The van der Waals surface area contributed by atoms with E-state index in [4.69, 9.17) is 4.18 Å². The van der Waals surface area contributed by atoms with E-state index in [0.717, 1.165) is 16.7 Å². The summed E-state index contributed by atoms with van der Waals surface area (Å²) in [4.78, 5) is 0. The lowest BCUT2D eigenvalue weighted by atomic mass is 9.92. The van der Waals surface area contributed by atoms with Crippen molar-refractivity contribution in [2.75, 3.05) is 0 Å². The number of para-hydroxylation sites is 1. The first-order chi connectivity index (χ1) is 12.3. The van der Waals surface area contributed by atoms with Crippen molar-refractivity contribution in [1.82, 2.24) is 4.72 Å². The maximum atomic E-state index is 11.9. The molecule has 0 spiro atoms. The van der Waals surface area contributed by atoms with E-state index in [2.05, 4.69) is 59.3 Å². The molecular formula is C21H15NO2S. The van der Waals surface area contributed by atoms with Gasteiger partial charge in [-0.25, -0.2) is 0 Å². The van der Waals surface area contributed by atoms with Crippen LogP contribution in [0.25, 0.3) is 32.7 Å². The highest BCUT2D eigenvalue weighted by Crippen LogP contribution is 2.41. The fourth-order valence-corrected chi connectivity index (χ4v) is 4.23. The van der Waals surface area contributed by atoms with Gasteiger partial charge in [-0.05, 0) is 33.2 Å². The molecular weight excluding hydrogens is 330 g/mol. The van der Waals surface area contributed by atoms with E-state index < -0.39 is 11.3 Å².